The van der Waals surface area contributed by atoms with E-state index in [9.17, 15) is 0 Å². The van der Waals surface area contributed by atoms with Crippen molar-refractivity contribution in [3.63, 3.8) is 0 Å². The van der Waals surface area contributed by atoms with Crippen LogP contribution in [-0.4, -0.2) is 24.2 Å². The SMILES string of the molecule is c1cc2c(cc1C1CCNCC1)c1c3n2CCN[C@H]3CCC1. The van der Waals surface area contributed by atoms with E-state index in [0.717, 1.165) is 19.0 Å². The van der Waals surface area contributed by atoms with E-state index in [4.69, 9.17) is 0 Å². The largest absolute Gasteiger partial charge is 0.342 e. The third kappa shape index (κ3) is 1.88. The fraction of sp³-hybridized carbons (Fsp3) is 0.579. The summed E-state index contributed by atoms with van der Waals surface area (Å²) in [7, 11) is 0. The maximum Gasteiger partial charge on any atom is 0.0486 e. The Labute approximate surface area is 132 Å². The Hall–Kier alpha value is -1.32. The second kappa shape index (κ2) is 5.10. The summed E-state index contributed by atoms with van der Waals surface area (Å²) < 4.78 is 2.61. The first-order valence-corrected chi connectivity index (χ1v) is 9.01. The van der Waals surface area contributed by atoms with Crippen LogP contribution in [0, 0.1) is 0 Å². The highest BCUT2D eigenvalue weighted by atomic mass is 15.1. The standard InChI is InChI=1S/C19H25N3/c1-2-15-16-12-14(13-6-8-20-9-7-13)4-5-18(16)22-11-10-21-17(3-1)19(15)22/h4-5,12-13,17,20-21H,1-3,6-11H2/t17-/m0/s1. The maximum atomic E-state index is 3.73. The zero-order valence-corrected chi connectivity index (χ0v) is 13.2. The second-order valence-electron chi connectivity index (χ2n) is 7.22. The Kier molecular flexibility index (Phi) is 3.05. The van der Waals surface area contributed by atoms with Gasteiger partial charge in [-0.25, -0.2) is 0 Å². The summed E-state index contributed by atoms with van der Waals surface area (Å²) in [5.74, 6) is 0.757. The van der Waals surface area contributed by atoms with Gasteiger partial charge in [-0.2, -0.15) is 0 Å². The minimum absolute atomic E-state index is 0.604. The number of nitrogens with zero attached hydrogens (tertiary/aromatic N) is 1. The highest BCUT2D eigenvalue weighted by Crippen LogP contribution is 2.40. The van der Waals surface area contributed by atoms with Crippen LogP contribution < -0.4 is 10.6 Å². The summed E-state index contributed by atoms with van der Waals surface area (Å²) in [5.41, 5.74) is 6.31. The molecule has 3 heterocycles. The monoisotopic (exact) mass is 295 g/mol. The minimum Gasteiger partial charge on any atom is -0.342 e. The van der Waals surface area contributed by atoms with Crippen LogP contribution in [0.2, 0.25) is 0 Å². The first kappa shape index (κ1) is 13.1. The molecule has 2 aromatic rings. The Morgan fingerprint density at radius 3 is 2.86 bits per heavy atom. The van der Waals surface area contributed by atoms with Gasteiger partial charge in [0.2, 0.25) is 0 Å². The van der Waals surface area contributed by atoms with Gasteiger partial charge in [-0.1, -0.05) is 6.07 Å². The molecule has 1 fully saturated rings. The molecule has 1 aromatic heterocycles. The van der Waals surface area contributed by atoms with Crippen molar-refractivity contribution < 1.29 is 0 Å². The van der Waals surface area contributed by atoms with Crippen molar-refractivity contribution in [1.82, 2.24) is 15.2 Å². The summed E-state index contributed by atoms with van der Waals surface area (Å²) in [5, 5.41) is 8.77. The first-order valence-electron chi connectivity index (χ1n) is 9.01. The average molecular weight is 295 g/mol. The van der Waals surface area contributed by atoms with E-state index in [0.29, 0.717) is 6.04 Å². The van der Waals surface area contributed by atoms with Gasteiger partial charge in [0.05, 0.1) is 0 Å². The molecule has 0 unspecified atom stereocenters. The predicted octanol–water partition coefficient (Wildman–Crippen LogP) is 3.09. The van der Waals surface area contributed by atoms with Gasteiger partial charge in [0.25, 0.3) is 0 Å². The van der Waals surface area contributed by atoms with E-state index < -0.39 is 0 Å². The van der Waals surface area contributed by atoms with Crippen LogP contribution in [0.5, 0.6) is 0 Å². The number of hydrogen-bond acceptors (Lipinski definition) is 2. The summed E-state index contributed by atoms with van der Waals surface area (Å²) in [6.45, 7) is 4.60. The van der Waals surface area contributed by atoms with Crippen LogP contribution in [0.4, 0.5) is 0 Å². The van der Waals surface area contributed by atoms with Gasteiger partial charge in [0, 0.05) is 35.7 Å². The van der Waals surface area contributed by atoms with Crippen LogP contribution >= 0.6 is 0 Å². The number of hydrogen-bond donors (Lipinski definition) is 2. The van der Waals surface area contributed by atoms with E-state index in [-0.39, 0.29) is 0 Å². The number of piperidine rings is 1. The summed E-state index contributed by atoms with van der Waals surface area (Å²) >= 11 is 0. The number of nitrogens with one attached hydrogen (secondary N) is 2. The Balaban J connectivity index is 1.66. The third-order valence-electron chi connectivity index (χ3n) is 6.02. The Bertz CT molecular complexity index is 707. The second-order valence-corrected chi connectivity index (χ2v) is 7.22. The van der Waals surface area contributed by atoms with Gasteiger partial charge in [0.1, 0.15) is 0 Å². The lowest BCUT2D eigenvalue weighted by atomic mass is 9.87. The fourth-order valence-electron chi connectivity index (χ4n) is 4.94. The quantitative estimate of drug-likeness (QED) is 0.846. The molecule has 5 rings (SSSR count). The molecule has 0 radical (unpaired) electrons. The molecule has 0 bridgehead atoms. The molecule has 0 amide bonds. The summed E-state index contributed by atoms with van der Waals surface area (Å²) in [6, 6.07) is 7.96. The van der Waals surface area contributed by atoms with Crippen LogP contribution in [0.3, 0.4) is 0 Å². The molecule has 1 atom stereocenters. The molecule has 3 heteroatoms. The van der Waals surface area contributed by atoms with Crippen LogP contribution in [0.25, 0.3) is 10.9 Å². The lowest BCUT2D eigenvalue weighted by Gasteiger charge is -2.31. The highest BCUT2D eigenvalue weighted by molar-refractivity contribution is 5.87. The molecule has 0 spiro atoms. The average Bonchev–Trinajstić information content (AvgIpc) is 2.92. The van der Waals surface area contributed by atoms with Crippen molar-refractivity contribution in [2.75, 3.05) is 19.6 Å². The summed E-state index contributed by atoms with van der Waals surface area (Å²) in [6.07, 6.45) is 6.50. The van der Waals surface area contributed by atoms with Gasteiger partial charge in [-0.05, 0) is 74.4 Å². The molecule has 2 aliphatic heterocycles. The van der Waals surface area contributed by atoms with Crippen molar-refractivity contribution in [3.8, 4) is 0 Å². The number of fused-ring (bicyclic) bond motifs is 3. The molecular formula is C19H25N3. The molecule has 3 nitrogen and oxygen atoms in total. The van der Waals surface area contributed by atoms with Crippen LogP contribution in [-0.2, 0) is 13.0 Å². The van der Waals surface area contributed by atoms with Crippen molar-refractivity contribution in [1.29, 1.82) is 0 Å². The maximum absolute atomic E-state index is 3.73. The lowest BCUT2D eigenvalue weighted by Crippen LogP contribution is -2.35. The van der Waals surface area contributed by atoms with Crippen LogP contribution in [0.1, 0.15) is 54.5 Å². The third-order valence-corrected chi connectivity index (χ3v) is 6.02. The smallest absolute Gasteiger partial charge is 0.0486 e. The molecule has 2 N–H and O–H groups in total. The van der Waals surface area contributed by atoms with Crippen molar-refractivity contribution in [3.05, 3.63) is 35.0 Å². The molecule has 1 aliphatic carbocycles. The molecule has 116 valence electrons. The predicted molar refractivity (Wildman–Crippen MR) is 90.5 cm³/mol. The number of rotatable bonds is 1. The molecule has 22 heavy (non-hydrogen) atoms. The number of benzene rings is 1. The molecular weight excluding hydrogens is 270 g/mol. The van der Waals surface area contributed by atoms with Crippen molar-refractivity contribution >= 4 is 10.9 Å². The van der Waals surface area contributed by atoms with Crippen molar-refractivity contribution in [2.24, 2.45) is 0 Å². The number of aryl methyl sites for hydroxylation is 1. The van der Waals surface area contributed by atoms with Gasteiger partial charge in [-0.3, -0.25) is 0 Å². The minimum atomic E-state index is 0.604. The summed E-state index contributed by atoms with van der Waals surface area (Å²) in [4.78, 5) is 0. The van der Waals surface area contributed by atoms with Gasteiger partial charge < -0.3 is 15.2 Å². The van der Waals surface area contributed by atoms with Gasteiger partial charge >= 0.3 is 0 Å². The Morgan fingerprint density at radius 2 is 1.95 bits per heavy atom. The molecule has 1 aromatic carbocycles. The fourth-order valence-corrected chi connectivity index (χ4v) is 4.94. The molecule has 3 aliphatic rings. The molecule has 1 saturated heterocycles. The van der Waals surface area contributed by atoms with Gasteiger partial charge in [0.15, 0.2) is 0 Å². The highest BCUT2D eigenvalue weighted by Gasteiger charge is 2.30. The van der Waals surface area contributed by atoms with Crippen molar-refractivity contribution in [2.45, 2.75) is 50.6 Å². The Morgan fingerprint density at radius 1 is 1.05 bits per heavy atom. The zero-order valence-electron chi connectivity index (χ0n) is 13.2. The zero-order chi connectivity index (χ0) is 14.5. The van der Waals surface area contributed by atoms with Gasteiger partial charge in [-0.15, -0.1) is 0 Å². The lowest BCUT2D eigenvalue weighted by molar-refractivity contribution is 0.384. The van der Waals surface area contributed by atoms with E-state index >= 15 is 0 Å². The van der Waals surface area contributed by atoms with E-state index in [2.05, 4.69) is 33.4 Å². The topological polar surface area (TPSA) is 29.0 Å². The van der Waals surface area contributed by atoms with E-state index in [1.165, 1.54) is 50.7 Å². The van der Waals surface area contributed by atoms with Crippen LogP contribution in [0.15, 0.2) is 18.2 Å². The van der Waals surface area contributed by atoms with E-state index in [1.807, 2.05) is 0 Å². The van der Waals surface area contributed by atoms with E-state index in [1.54, 1.807) is 22.2 Å². The first-order chi connectivity index (χ1) is 10.9. The normalized spacial score (nSPS) is 25.4. The number of aromatic nitrogens is 1. The molecule has 0 saturated carbocycles.